The fourth-order valence-corrected chi connectivity index (χ4v) is 3.99. The van der Waals surface area contributed by atoms with Crippen molar-refractivity contribution in [2.75, 3.05) is 19.5 Å². The van der Waals surface area contributed by atoms with Crippen LogP contribution in [0.5, 0.6) is 5.75 Å². The minimum atomic E-state index is -0.513. The number of aliphatic imine (C=N–C) groups is 1. The van der Waals surface area contributed by atoms with E-state index in [1.165, 1.54) is 16.7 Å². The molecular weight excluding hydrogens is 398 g/mol. The van der Waals surface area contributed by atoms with Crippen LogP contribution in [0.15, 0.2) is 47.5 Å². The van der Waals surface area contributed by atoms with E-state index in [0.717, 1.165) is 5.56 Å². The summed E-state index contributed by atoms with van der Waals surface area (Å²) in [5.74, 6) is 0.330. The molecule has 2 aromatic rings. The number of thioether (sulfide) groups is 1. The number of carbonyl (C=O) groups is 2. The summed E-state index contributed by atoms with van der Waals surface area (Å²) >= 11 is 7.42. The third-order valence-electron chi connectivity index (χ3n) is 4.34. The van der Waals surface area contributed by atoms with Crippen molar-refractivity contribution >= 4 is 51.7 Å². The van der Waals surface area contributed by atoms with E-state index in [1.807, 2.05) is 19.1 Å². The normalized spacial score (nSPS) is 17.9. The number of amidine groups is 1. The van der Waals surface area contributed by atoms with Crippen molar-refractivity contribution in [3.05, 3.63) is 53.1 Å². The van der Waals surface area contributed by atoms with Crippen molar-refractivity contribution in [1.82, 2.24) is 4.90 Å². The molecule has 6 nitrogen and oxygen atoms in total. The number of anilines is 1. The molecule has 146 valence electrons. The van der Waals surface area contributed by atoms with Gasteiger partial charge in [0.15, 0.2) is 5.17 Å². The van der Waals surface area contributed by atoms with E-state index in [0.29, 0.717) is 27.3 Å². The molecule has 28 heavy (non-hydrogen) atoms. The number of nitrogens with one attached hydrogen (secondary N) is 1. The molecule has 0 bridgehead atoms. The Bertz CT molecular complexity index is 931. The van der Waals surface area contributed by atoms with Crippen LogP contribution in [-0.4, -0.2) is 41.3 Å². The van der Waals surface area contributed by atoms with Gasteiger partial charge in [-0.05, 0) is 48.9 Å². The maximum atomic E-state index is 12.5. The monoisotopic (exact) mass is 417 g/mol. The van der Waals surface area contributed by atoms with Crippen LogP contribution in [0.3, 0.4) is 0 Å². The van der Waals surface area contributed by atoms with Crippen molar-refractivity contribution < 1.29 is 14.3 Å². The minimum absolute atomic E-state index is 0.0629. The summed E-state index contributed by atoms with van der Waals surface area (Å²) in [6.07, 6.45) is 0.0629. The first-order valence-corrected chi connectivity index (χ1v) is 9.86. The molecule has 1 heterocycles. The number of rotatable bonds is 5. The number of ether oxygens (including phenoxy) is 1. The maximum absolute atomic E-state index is 12.5. The summed E-state index contributed by atoms with van der Waals surface area (Å²) in [4.78, 5) is 30.9. The molecule has 1 aliphatic rings. The predicted molar refractivity (Wildman–Crippen MR) is 114 cm³/mol. The van der Waals surface area contributed by atoms with Gasteiger partial charge in [-0.15, -0.1) is 0 Å². The number of halogens is 1. The van der Waals surface area contributed by atoms with Crippen molar-refractivity contribution in [2.45, 2.75) is 18.6 Å². The maximum Gasteiger partial charge on any atom is 0.242 e. The summed E-state index contributed by atoms with van der Waals surface area (Å²) in [6.45, 7) is 1.88. The molecule has 3 rings (SSSR count). The lowest BCUT2D eigenvalue weighted by Crippen LogP contribution is -2.30. The van der Waals surface area contributed by atoms with E-state index in [-0.39, 0.29) is 18.2 Å². The molecule has 1 N–H and O–H groups in total. The standard InChI is InChI=1S/C20H20ClN3O3S/c1-12-15(21)5-4-6-16(12)23-20-24(2)19(26)17(28-20)11-18(25)22-13-7-9-14(27-3)10-8-13/h4-10,17H,11H2,1-3H3,(H,22,25). The lowest BCUT2D eigenvalue weighted by molar-refractivity contribution is -0.127. The van der Waals surface area contributed by atoms with Crippen molar-refractivity contribution in [3.63, 3.8) is 0 Å². The summed E-state index contributed by atoms with van der Waals surface area (Å²) in [5.41, 5.74) is 2.20. The van der Waals surface area contributed by atoms with Crippen LogP contribution in [0.2, 0.25) is 5.02 Å². The minimum Gasteiger partial charge on any atom is -0.497 e. The van der Waals surface area contributed by atoms with Crippen LogP contribution in [0.4, 0.5) is 11.4 Å². The molecule has 1 fully saturated rings. The van der Waals surface area contributed by atoms with Crippen molar-refractivity contribution in [1.29, 1.82) is 0 Å². The van der Waals surface area contributed by atoms with Gasteiger partial charge in [0.25, 0.3) is 0 Å². The number of benzene rings is 2. The van der Waals surface area contributed by atoms with Crippen LogP contribution in [0.25, 0.3) is 0 Å². The summed E-state index contributed by atoms with van der Waals surface area (Å²) in [5, 5.41) is 3.46. The number of amides is 2. The Labute approximate surface area is 172 Å². The van der Waals surface area contributed by atoms with Gasteiger partial charge in [0.2, 0.25) is 11.8 Å². The molecule has 0 aliphatic carbocycles. The molecule has 0 saturated carbocycles. The molecular formula is C20H20ClN3O3S. The van der Waals surface area contributed by atoms with Gasteiger partial charge < -0.3 is 10.1 Å². The van der Waals surface area contributed by atoms with Gasteiger partial charge in [-0.1, -0.05) is 29.4 Å². The second kappa shape index (κ2) is 8.67. The average molecular weight is 418 g/mol. The van der Waals surface area contributed by atoms with E-state index in [9.17, 15) is 9.59 Å². The molecule has 0 spiro atoms. The molecule has 2 amide bonds. The summed E-state index contributed by atoms with van der Waals surface area (Å²) < 4.78 is 5.10. The Kier molecular flexibility index (Phi) is 6.26. The predicted octanol–water partition coefficient (Wildman–Crippen LogP) is 4.25. The zero-order valence-electron chi connectivity index (χ0n) is 15.7. The van der Waals surface area contributed by atoms with E-state index >= 15 is 0 Å². The Balaban J connectivity index is 1.68. The highest BCUT2D eigenvalue weighted by Crippen LogP contribution is 2.33. The van der Waals surface area contributed by atoms with E-state index in [2.05, 4.69) is 10.3 Å². The topological polar surface area (TPSA) is 71.0 Å². The molecule has 0 aromatic heterocycles. The highest BCUT2D eigenvalue weighted by Gasteiger charge is 2.37. The Morgan fingerprint density at radius 2 is 2.00 bits per heavy atom. The molecule has 1 saturated heterocycles. The molecule has 1 unspecified atom stereocenters. The number of hydrogen-bond donors (Lipinski definition) is 1. The van der Waals surface area contributed by atoms with Crippen LogP contribution in [0.1, 0.15) is 12.0 Å². The number of nitrogens with zero attached hydrogens (tertiary/aromatic N) is 2. The summed E-state index contributed by atoms with van der Waals surface area (Å²) in [6, 6.07) is 12.5. The molecule has 0 radical (unpaired) electrons. The fraction of sp³-hybridized carbons (Fsp3) is 0.250. The fourth-order valence-electron chi connectivity index (χ4n) is 2.67. The second-order valence-electron chi connectivity index (χ2n) is 6.26. The van der Waals surface area contributed by atoms with Crippen LogP contribution < -0.4 is 10.1 Å². The summed E-state index contributed by atoms with van der Waals surface area (Å²) in [7, 11) is 3.24. The van der Waals surface area contributed by atoms with Gasteiger partial charge in [-0.2, -0.15) is 0 Å². The Hall–Kier alpha value is -2.51. The molecule has 2 aromatic carbocycles. The average Bonchev–Trinajstić information content (AvgIpc) is 2.94. The van der Waals surface area contributed by atoms with E-state index in [1.54, 1.807) is 44.5 Å². The number of methoxy groups -OCH3 is 1. The van der Waals surface area contributed by atoms with Crippen molar-refractivity contribution in [3.8, 4) is 5.75 Å². The first-order valence-electron chi connectivity index (χ1n) is 8.61. The van der Waals surface area contributed by atoms with Crippen LogP contribution in [0, 0.1) is 6.92 Å². The van der Waals surface area contributed by atoms with Gasteiger partial charge >= 0.3 is 0 Å². The first kappa shape index (κ1) is 20.2. The van der Waals surface area contributed by atoms with E-state index < -0.39 is 5.25 Å². The SMILES string of the molecule is COc1ccc(NC(=O)CC2SC(=Nc3cccc(Cl)c3C)N(C)C2=O)cc1. The zero-order valence-corrected chi connectivity index (χ0v) is 17.3. The second-order valence-corrected chi connectivity index (χ2v) is 7.84. The Morgan fingerprint density at radius 1 is 1.29 bits per heavy atom. The van der Waals surface area contributed by atoms with Crippen LogP contribution >= 0.6 is 23.4 Å². The Morgan fingerprint density at radius 3 is 2.68 bits per heavy atom. The number of hydrogen-bond acceptors (Lipinski definition) is 5. The lowest BCUT2D eigenvalue weighted by atomic mass is 10.2. The van der Waals surface area contributed by atoms with E-state index in [4.69, 9.17) is 16.3 Å². The van der Waals surface area contributed by atoms with Gasteiger partial charge in [0, 0.05) is 24.2 Å². The largest absolute Gasteiger partial charge is 0.497 e. The first-order chi connectivity index (χ1) is 13.4. The molecule has 1 atom stereocenters. The highest BCUT2D eigenvalue weighted by atomic mass is 35.5. The third kappa shape index (κ3) is 4.48. The smallest absolute Gasteiger partial charge is 0.242 e. The van der Waals surface area contributed by atoms with Crippen molar-refractivity contribution in [2.24, 2.45) is 4.99 Å². The lowest BCUT2D eigenvalue weighted by Gasteiger charge is -2.10. The highest BCUT2D eigenvalue weighted by molar-refractivity contribution is 8.15. The van der Waals surface area contributed by atoms with Gasteiger partial charge in [-0.25, -0.2) is 4.99 Å². The van der Waals surface area contributed by atoms with Gasteiger partial charge in [0.05, 0.1) is 12.8 Å². The van der Waals surface area contributed by atoms with Crippen LogP contribution in [-0.2, 0) is 9.59 Å². The molecule has 1 aliphatic heterocycles. The molecule has 8 heteroatoms. The number of carbonyl (C=O) groups excluding carboxylic acids is 2. The van der Waals surface area contributed by atoms with Gasteiger partial charge in [0.1, 0.15) is 11.0 Å². The van der Waals surface area contributed by atoms with Gasteiger partial charge in [-0.3, -0.25) is 14.5 Å². The third-order valence-corrected chi connectivity index (χ3v) is 5.98. The quantitative estimate of drug-likeness (QED) is 0.789. The zero-order chi connectivity index (χ0) is 20.3.